The molecule has 4 rings (SSSR count). The summed E-state index contributed by atoms with van der Waals surface area (Å²) in [5, 5.41) is 14.1. The normalized spacial score (nSPS) is 35.6. The molecule has 2 bridgehead atoms. The van der Waals surface area contributed by atoms with E-state index < -0.39 is 0 Å². The van der Waals surface area contributed by atoms with Gasteiger partial charge in [-0.2, -0.15) is 0 Å². The van der Waals surface area contributed by atoms with Gasteiger partial charge in [0.25, 0.3) is 0 Å². The van der Waals surface area contributed by atoms with Crippen LogP contribution in [-0.2, 0) is 4.79 Å². The lowest BCUT2D eigenvalue weighted by atomic mass is 9.88. The first-order valence-electron chi connectivity index (χ1n) is 7.67. The first-order chi connectivity index (χ1) is 9.79. The first kappa shape index (κ1) is 12.3. The molecule has 4 atom stereocenters. The van der Waals surface area contributed by atoms with Crippen molar-refractivity contribution in [3.05, 3.63) is 5.89 Å². The van der Waals surface area contributed by atoms with Crippen molar-refractivity contribution in [1.82, 2.24) is 15.5 Å². The molecule has 1 saturated heterocycles. The third-order valence-corrected chi connectivity index (χ3v) is 5.10. The zero-order valence-corrected chi connectivity index (χ0v) is 11.5. The van der Waals surface area contributed by atoms with Crippen LogP contribution in [0, 0.1) is 17.8 Å². The van der Waals surface area contributed by atoms with Crippen LogP contribution in [0.5, 0.6) is 0 Å². The Hall–Kier alpha value is -1.43. The summed E-state index contributed by atoms with van der Waals surface area (Å²) in [5.74, 6) is 2.13. The lowest BCUT2D eigenvalue weighted by molar-refractivity contribution is -0.121. The summed E-state index contributed by atoms with van der Waals surface area (Å²) < 4.78 is 5.56. The number of fused-ring (bicyclic) bond motifs is 2. The van der Waals surface area contributed by atoms with Crippen molar-refractivity contribution in [1.29, 1.82) is 0 Å². The van der Waals surface area contributed by atoms with E-state index in [1.165, 1.54) is 19.3 Å². The van der Waals surface area contributed by atoms with E-state index in [2.05, 4.69) is 20.8 Å². The fourth-order valence-electron chi connectivity index (χ4n) is 4.09. The van der Waals surface area contributed by atoms with Gasteiger partial charge >= 0.3 is 6.01 Å². The number of anilines is 1. The van der Waals surface area contributed by atoms with E-state index in [1.54, 1.807) is 0 Å². The number of amides is 1. The van der Waals surface area contributed by atoms with Crippen molar-refractivity contribution < 1.29 is 9.21 Å². The Balaban J connectivity index is 1.40. The van der Waals surface area contributed by atoms with E-state index in [0.717, 1.165) is 31.7 Å². The van der Waals surface area contributed by atoms with Gasteiger partial charge in [0, 0.05) is 5.92 Å². The largest absolute Gasteiger partial charge is 0.406 e. The molecule has 4 unspecified atom stereocenters. The summed E-state index contributed by atoms with van der Waals surface area (Å²) in [5.41, 5.74) is 0. The van der Waals surface area contributed by atoms with Crippen molar-refractivity contribution in [2.45, 2.75) is 44.6 Å². The lowest BCUT2D eigenvalue weighted by Crippen LogP contribution is -2.27. The molecule has 1 aromatic rings. The molecule has 6 nitrogen and oxygen atoms in total. The Morgan fingerprint density at radius 2 is 2.20 bits per heavy atom. The standard InChI is InChI=1S/C14H20N4O2/c19-12(10-7-8-3-4-9(10)6-8)16-14-18-17-13(20-14)11-2-1-5-15-11/h8-11,15H,1-7H2,(H,16,18,19). The maximum atomic E-state index is 12.3. The van der Waals surface area contributed by atoms with Crippen LogP contribution in [0.4, 0.5) is 6.01 Å². The van der Waals surface area contributed by atoms with E-state index in [1.807, 2.05) is 0 Å². The maximum Gasteiger partial charge on any atom is 0.322 e. The molecule has 3 aliphatic rings. The van der Waals surface area contributed by atoms with Crippen molar-refractivity contribution in [3.8, 4) is 0 Å². The van der Waals surface area contributed by atoms with Gasteiger partial charge in [0.1, 0.15) is 0 Å². The van der Waals surface area contributed by atoms with Crippen LogP contribution in [0.3, 0.4) is 0 Å². The smallest absolute Gasteiger partial charge is 0.322 e. The maximum absolute atomic E-state index is 12.3. The number of hydrogen-bond donors (Lipinski definition) is 2. The Labute approximate surface area is 117 Å². The number of nitrogens with zero attached hydrogens (tertiary/aromatic N) is 2. The molecule has 20 heavy (non-hydrogen) atoms. The van der Waals surface area contributed by atoms with E-state index in [9.17, 15) is 4.79 Å². The Bertz CT molecular complexity index is 509. The molecule has 108 valence electrons. The molecule has 1 aliphatic heterocycles. The molecular formula is C14H20N4O2. The van der Waals surface area contributed by atoms with Gasteiger partial charge in [0.15, 0.2) is 0 Å². The molecule has 1 aromatic heterocycles. The van der Waals surface area contributed by atoms with Gasteiger partial charge in [-0.25, -0.2) is 0 Å². The third kappa shape index (κ3) is 2.12. The van der Waals surface area contributed by atoms with Crippen molar-refractivity contribution in [2.24, 2.45) is 17.8 Å². The number of hydrogen-bond acceptors (Lipinski definition) is 5. The highest BCUT2D eigenvalue weighted by Crippen LogP contribution is 2.48. The van der Waals surface area contributed by atoms with E-state index in [0.29, 0.717) is 11.8 Å². The summed E-state index contributed by atoms with van der Waals surface area (Å²) >= 11 is 0. The van der Waals surface area contributed by atoms with Crippen LogP contribution in [-0.4, -0.2) is 22.6 Å². The molecule has 1 amide bonds. The van der Waals surface area contributed by atoms with E-state index >= 15 is 0 Å². The number of carbonyl (C=O) groups excluding carboxylic acids is 1. The van der Waals surface area contributed by atoms with Crippen LogP contribution in [0.25, 0.3) is 0 Å². The Kier molecular flexibility index (Phi) is 2.98. The van der Waals surface area contributed by atoms with Gasteiger partial charge in [-0.1, -0.05) is 11.5 Å². The minimum atomic E-state index is 0.0618. The summed E-state index contributed by atoms with van der Waals surface area (Å²) in [4.78, 5) is 12.3. The lowest BCUT2D eigenvalue weighted by Gasteiger charge is -2.19. The summed E-state index contributed by atoms with van der Waals surface area (Å²) in [6.07, 6.45) is 6.89. The number of nitrogens with one attached hydrogen (secondary N) is 2. The zero-order valence-electron chi connectivity index (χ0n) is 11.5. The van der Waals surface area contributed by atoms with Gasteiger partial charge < -0.3 is 9.73 Å². The number of carbonyl (C=O) groups is 1. The van der Waals surface area contributed by atoms with Crippen LogP contribution in [0.1, 0.15) is 50.5 Å². The van der Waals surface area contributed by atoms with Gasteiger partial charge in [-0.15, -0.1) is 5.10 Å². The molecule has 2 aliphatic carbocycles. The third-order valence-electron chi connectivity index (χ3n) is 5.10. The van der Waals surface area contributed by atoms with Gasteiger partial charge in [0.2, 0.25) is 11.8 Å². The molecule has 6 heteroatoms. The molecular weight excluding hydrogens is 256 g/mol. The van der Waals surface area contributed by atoms with Gasteiger partial charge in [-0.05, 0) is 50.5 Å². The first-order valence-corrected chi connectivity index (χ1v) is 7.67. The Morgan fingerprint density at radius 1 is 1.25 bits per heavy atom. The second-order valence-electron chi connectivity index (χ2n) is 6.36. The molecule has 0 aromatic carbocycles. The predicted octanol–water partition coefficient (Wildman–Crippen LogP) is 1.87. The zero-order chi connectivity index (χ0) is 13.5. The minimum absolute atomic E-state index is 0.0618. The van der Waals surface area contributed by atoms with Crippen LogP contribution in [0.2, 0.25) is 0 Å². The molecule has 2 saturated carbocycles. The highest BCUT2D eigenvalue weighted by molar-refractivity contribution is 5.91. The SMILES string of the molecule is O=C(Nc1nnc(C2CCCN2)o1)C1CC2CCC1C2. The second kappa shape index (κ2) is 4.84. The van der Waals surface area contributed by atoms with Crippen LogP contribution >= 0.6 is 0 Å². The predicted molar refractivity (Wildman–Crippen MR) is 71.8 cm³/mol. The van der Waals surface area contributed by atoms with Gasteiger partial charge in [0.05, 0.1) is 6.04 Å². The fourth-order valence-corrected chi connectivity index (χ4v) is 4.09. The molecule has 2 heterocycles. The minimum Gasteiger partial charge on any atom is -0.406 e. The van der Waals surface area contributed by atoms with Crippen molar-refractivity contribution in [3.63, 3.8) is 0 Å². The summed E-state index contributed by atoms with van der Waals surface area (Å²) in [6.45, 7) is 0.986. The van der Waals surface area contributed by atoms with Gasteiger partial charge in [-0.3, -0.25) is 10.1 Å². The molecule has 3 fully saturated rings. The molecule has 2 N–H and O–H groups in total. The van der Waals surface area contributed by atoms with Crippen LogP contribution < -0.4 is 10.6 Å². The second-order valence-corrected chi connectivity index (χ2v) is 6.36. The monoisotopic (exact) mass is 276 g/mol. The van der Waals surface area contributed by atoms with E-state index in [-0.39, 0.29) is 23.9 Å². The van der Waals surface area contributed by atoms with Crippen LogP contribution in [0.15, 0.2) is 4.42 Å². The average Bonchev–Trinajstić information content (AvgIpc) is 3.22. The topological polar surface area (TPSA) is 80.0 Å². The van der Waals surface area contributed by atoms with E-state index in [4.69, 9.17) is 4.42 Å². The average molecular weight is 276 g/mol. The van der Waals surface area contributed by atoms with Crippen molar-refractivity contribution in [2.75, 3.05) is 11.9 Å². The summed E-state index contributed by atoms with van der Waals surface area (Å²) in [6, 6.07) is 0.400. The Morgan fingerprint density at radius 3 is 2.90 bits per heavy atom. The number of rotatable bonds is 3. The highest BCUT2D eigenvalue weighted by atomic mass is 16.4. The number of aromatic nitrogens is 2. The molecule has 0 radical (unpaired) electrons. The molecule has 0 spiro atoms. The fraction of sp³-hybridized carbons (Fsp3) is 0.786. The summed E-state index contributed by atoms with van der Waals surface area (Å²) in [7, 11) is 0. The highest BCUT2D eigenvalue weighted by Gasteiger charge is 2.43. The quantitative estimate of drug-likeness (QED) is 0.881. The van der Waals surface area contributed by atoms with Crippen molar-refractivity contribution >= 4 is 11.9 Å².